The van der Waals surface area contributed by atoms with Crippen LogP contribution in [0.2, 0.25) is 0 Å². The molecule has 102 valence electrons. The molecule has 0 spiro atoms. The van der Waals surface area contributed by atoms with Crippen molar-refractivity contribution in [2.24, 2.45) is 0 Å². The molecule has 0 atom stereocenters. The highest BCUT2D eigenvalue weighted by atomic mass is 16.5. The lowest BCUT2D eigenvalue weighted by Crippen LogP contribution is -2.10. The molecule has 2 aromatic carbocycles. The van der Waals surface area contributed by atoms with E-state index >= 15 is 0 Å². The van der Waals surface area contributed by atoms with E-state index in [1.54, 1.807) is 0 Å². The lowest BCUT2D eigenvalue weighted by molar-refractivity contribution is 0.103. The lowest BCUT2D eigenvalue weighted by atomic mass is 10.0. The number of benzene rings is 2. The van der Waals surface area contributed by atoms with E-state index < -0.39 is 0 Å². The summed E-state index contributed by atoms with van der Waals surface area (Å²) in [5.74, 6) is 0.859. The predicted octanol–water partition coefficient (Wildman–Crippen LogP) is 2.61. The Morgan fingerprint density at radius 2 is 1.60 bits per heavy atom. The van der Waals surface area contributed by atoms with Crippen LogP contribution < -0.4 is 4.74 Å². The van der Waals surface area contributed by atoms with E-state index in [0.29, 0.717) is 17.7 Å². The van der Waals surface area contributed by atoms with Gasteiger partial charge in [0.1, 0.15) is 12.4 Å². The molecule has 3 rings (SSSR count). The van der Waals surface area contributed by atoms with Gasteiger partial charge in [-0.1, -0.05) is 30.3 Å². The molecule has 0 radical (unpaired) electrons. The SMILES string of the molecule is O=C(c1ccccc1)c1ccc(OCCN2CC2)cc1. The minimum atomic E-state index is 0.0428. The van der Waals surface area contributed by atoms with Crippen molar-refractivity contribution >= 4 is 5.78 Å². The van der Waals surface area contributed by atoms with Gasteiger partial charge in [0.2, 0.25) is 0 Å². The maximum Gasteiger partial charge on any atom is 0.193 e. The summed E-state index contributed by atoms with van der Waals surface area (Å²) in [4.78, 5) is 14.5. The van der Waals surface area contributed by atoms with Crippen LogP contribution in [0.3, 0.4) is 0 Å². The maximum absolute atomic E-state index is 12.2. The lowest BCUT2D eigenvalue weighted by Gasteiger charge is -2.07. The van der Waals surface area contributed by atoms with E-state index in [1.807, 2.05) is 54.6 Å². The molecule has 1 aliphatic rings. The fourth-order valence-corrected chi connectivity index (χ4v) is 2.05. The van der Waals surface area contributed by atoms with Crippen LogP contribution in [0.15, 0.2) is 54.6 Å². The molecule has 0 aliphatic carbocycles. The van der Waals surface area contributed by atoms with Gasteiger partial charge in [0.15, 0.2) is 5.78 Å². The summed E-state index contributed by atoms with van der Waals surface area (Å²) in [6, 6.07) is 16.7. The van der Waals surface area contributed by atoms with Gasteiger partial charge in [-0.05, 0) is 24.3 Å². The van der Waals surface area contributed by atoms with E-state index in [9.17, 15) is 4.79 Å². The number of ether oxygens (including phenoxy) is 1. The van der Waals surface area contributed by atoms with E-state index in [1.165, 1.54) is 13.1 Å². The molecule has 0 unspecified atom stereocenters. The first-order valence-electron chi connectivity index (χ1n) is 6.88. The Balaban J connectivity index is 1.61. The smallest absolute Gasteiger partial charge is 0.193 e. The molecule has 3 nitrogen and oxygen atoms in total. The number of rotatable bonds is 6. The van der Waals surface area contributed by atoms with Crippen LogP contribution >= 0.6 is 0 Å². The van der Waals surface area contributed by atoms with Crippen molar-refractivity contribution < 1.29 is 9.53 Å². The Labute approximate surface area is 118 Å². The van der Waals surface area contributed by atoms with Gasteiger partial charge >= 0.3 is 0 Å². The fraction of sp³-hybridized carbons (Fsp3) is 0.235. The normalized spacial score (nSPS) is 14.0. The Kier molecular flexibility index (Phi) is 3.79. The second-order valence-corrected chi connectivity index (χ2v) is 4.91. The summed E-state index contributed by atoms with van der Waals surface area (Å²) in [6.45, 7) is 4.05. The van der Waals surface area contributed by atoms with Crippen LogP contribution in [-0.2, 0) is 0 Å². The highest BCUT2D eigenvalue weighted by molar-refractivity contribution is 6.08. The molecule has 2 aromatic rings. The molecule has 0 amide bonds. The van der Waals surface area contributed by atoms with Crippen molar-refractivity contribution in [3.63, 3.8) is 0 Å². The molecule has 0 saturated carbocycles. The summed E-state index contributed by atoms with van der Waals surface area (Å²) in [6.07, 6.45) is 0. The van der Waals surface area contributed by atoms with E-state index in [-0.39, 0.29) is 5.78 Å². The number of ketones is 1. The second-order valence-electron chi connectivity index (χ2n) is 4.91. The highest BCUT2D eigenvalue weighted by Crippen LogP contribution is 2.15. The molecule has 1 aliphatic heterocycles. The number of hydrogen-bond acceptors (Lipinski definition) is 3. The molecule has 0 bridgehead atoms. The van der Waals surface area contributed by atoms with Gasteiger partial charge in [0.05, 0.1) is 0 Å². The van der Waals surface area contributed by atoms with Crippen molar-refractivity contribution in [1.82, 2.24) is 4.90 Å². The van der Waals surface area contributed by atoms with Crippen molar-refractivity contribution in [3.8, 4) is 5.75 Å². The quantitative estimate of drug-likeness (QED) is 0.595. The number of carbonyl (C=O) groups excluding carboxylic acids is 1. The van der Waals surface area contributed by atoms with Crippen molar-refractivity contribution in [2.75, 3.05) is 26.2 Å². The van der Waals surface area contributed by atoms with E-state index in [2.05, 4.69) is 4.90 Å². The molecule has 1 saturated heterocycles. The minimum Gasteiger partial charge on any atom is -0.492 e. The number of nitrogens with zero attached hydrogens (tertiary/aromatic N) is 1. The third kappa shape index (κ3) is 3.25. The molecule has 1 heterocycles. The zero-order chi connectivity index (χ0) is 13.8. The fourth-order valence-electron chi connectivity index (χ4n) is 2.05. The standard InChI is InChI=1S/C17H17NO2/c19-17(14-4-2-1-3-5-14)15-6-8-16(9-7-15)20-13-12-18-10-11-18/h1-9H,10-13H2. The van der Waals surface area contributed by atoms with Crippen LogP contribution in [-0.4, -0.2) is 36.9 Å². The van der Waals surface area contributed by atoms with Gasteiger partial charge in [0, 0.05) is 30.8 Å². The van der Waals surface area contributed by atoms with Crippen molar-refractivity contribution in [1.29, 1.82) is 0 Å². The van der Waals surface area contributed by atoms with Gasteiger partial charge in [0.25, 0.3) is 0 Å². The number of carbonyl (C=O) groups is 1. The summed E-state index contributed by atoms with van der Waals surface area (Å²) >= 11 is 0. The Morgan fingerprint density at radius 3 is 2.25 bits per heavy atom. The monoisotopic (exact) mass is 267 g/mol. The van der Waals surface area contributed by atoms with Crippen molar-refractivity contribution in [3.05, 3.63) is 65.7 Å². The zero-order valence-electron chi connectivity index (χ0n) is 11.3. The third-order valence-corrected chi connectivity index (χ3v) is 3.37. The van der Waals surface area contributed by atoms with Crippen molar-refractivity contribution in [2.45, 2.75) is 0 Å². The first-order chi connectivity index (χ1) is 9.83. The second kappa shape index (κ2) is 5.88. The largest absolute Gasteiger partial charge is 0.492 e. The molecular formula is C17H17NO2. The summed E-state index contributed by atoms with van der Waals surface area (Å²) in [7, 11) is 0. The van der Waals surface area contributed by atoms with Gasteiger partial charge in [-0.15, -0.1) is 0 Å². The molecule has 0 aromatic heterocycles. The average Bonchev–Trinajstić information content (AvgIpc) is 3.32. The van der Waals surface area contributed by atoms with E-state index in [0.717, 1.165) is 12.3 Å². The minimum absolute atomic E-state index is 0.0428. The third-order valence-electron chi connectivity index (χ3n) is 3.37. The van der Waals surface area contributed by atoms with Gasteiger partial charge in [-0.2, -0.15) is 0 Å². The van der Waals surface area contributed by atoms with Crippen LogP contribution in [0.25, 0.3) is 0 Å². The Bertz CT molecular complexity index is 574. The molecular weight excluding hydrogens is 250 g/mol. The summed E-state index contributed by atoms with van der Waals surface area (Å²) in [5, 5.41) is 0. The number of hydrogen-bond donors (Lipinski definition) is 0. The molecule has 1 fully saturated rings. The Morgan fingerprint density at radius 1 is 0.950 bits per heavy atom. The first kappa shape index (κ1) is 12.9. The van der Waals surface area contributed by atoms with Crippen LogP contribution in [0.4, 0.5) is 0 Å². The van der Waals surface area contributed by atoms with Gasteiger partial charge < -0.3 is 4.74 Å². The van der Waals surface area contributed by atoms with E-state index in [4.69, 9.17) is 4.74 Å². The zero-order valence-corrected chi connectivity index (χ0v) is 11.3. The first-order valence-corrected chi connectivity index (χ1v) is 6.88. The summed E-state index contributed by atoms with van der Waals surface area (Å²) < 4.78 is 5.64. The predicted molar refractivity (Wildman–Crippen MR) is 78.3 cm³/mol. The molecule has 20 heavy (non-hydrogen) atoms. The summed E-state index contributed by atoms with van der Waals surface area (Å²) in [5.41, 5.74) is 1.40. The van der Waals surface area contributed by atoms with Gasteiger partial charge in [-0.25, -0.2) is 0 Å². The van der Waals surface area contributed by atoms with Gasteiger partial charge in [-0.3, -0.25) is 9.69 Å². The highest BCUT2D eigenvalue weighted by Gasteiger charge is 2.16. The topological polar surface area (TPSA) is 29.3 Å². The molecule has 3 heteroatoms. The maximum atomic E-state index is 12.2. The van der Waals surface area contributed by atoms with Crippen LogP contribution in [0, 0.1) is 0 Å². The van der Waals surface area contributed by atoms with Crippen LogP contribution in [0.5, 0.6) is 5.75 Å². The Hall–Kier alpha value is -2.13. The van der Waals surface area contributed by atoms with Crippen LogP contribution in [0.1, 0.15) is 15.9 Å². The molecule has 0 N–H and O–H groups in total. The average molecular weight is 267 g/mol.